The number of nitrogens with zero attached hydrogens (tertiary/aromatic N) is 4. The Kier molecular flexibility index (Phi) is 4.36. The molecular formula is C19H26N6O2. The summed E-state index contributed by atoms with van der Waals surface area (Å²) < 4.78 is 1.49. The molecule has 1 aliphatic heterocycles. The topological polar surface area (TPSA) is 101 Å². The maximum absolute atomic E-state index is 12.5. The maximum atomic E-state index is 12.5. The molecule has 1 aromatic heterocycles. The van der Waals surface area contributed by atoms with Crippen LogP contribution < -0.4 is 10.6 Å². The number of nitrogens with one attached hydrogen (secondary N) is 2. The highest BCUT2D eigenvalue weighted by atomic mass is 16.2. The van der Waals surface area contributed by atoms with E-state index in [1.54, 1.807) is 0 Å². The Hall–Kier alpha value is -2.51. The van der Waals surface area contributed by atoms with Gasteiger partial charge in [0.2, 0.25) is 0 Å². The Morgan fingerprint density at radius 2 is 1.96 bits per heavy atom. The van der Waals surface area contributed by atoms with Crippen molar-refractivity contribution in [1.29, 1.82) is 0 Å². The van der Waals surface area contributed by atoms with E-state index in [2.05, 4.69) is 25.7 Å². The number of fused-ring (bicyclic) bond motifs is 1. The van der Waals surface area contributed by atoms with Crippen LogP contribution in [0.1, 0.15) is 65.0 Å². The van der Waals surface area contributed by atoms with Gasteiger partial charge >= 0.3 is 6.03 Å². The monoisotopic (exact) mass is 370 g/mol. The molecule has 2 N–H and O–H groups in total. The largest absolute Gasteiger partial charge is 0.335 e. The lowest BCUT2D eigenvalue weighted by molar-refractivity contribution is -0.120. The summed E-state index contributed by atoms with van der Waals surface area (Å²) in [7, 11) is 0. The van der Waals surface area contributed by atoms with Crippen molar-refractivity contribution in [3.63, 3.8) is 0 Å². The summed E-state index contributed by atoms with van der Waals surface area (Å²) in [5, 5.41) is 10.4. The smallest absolute Gasteiger partial charge is 0.320 e. The number of aromatic nitrogens is 2. The summed E-state index contributed by atoms with van der Waals surface area (Å²) in [6.45, 7) is 6.14. The van der Waals surface area contributed by atoms with Crippen molar-refractivity contribution < 1.29 is 9.59 Å². The van der Waals surface area contributed by atoms with Gasteiger partial charge in [0.25, 0.3) is 11.9 Å². The number of anilines is 1. The number of aliphatic imine (C=N–C) groups is 2. The highest BCUT2D eigenvalue weighted by Gasteiger charge is 2.33. The first-order valence-electron chi connectivity index (χ1n) is 9.70. The maximum Gasteiger partial charge on any atom is 0.320 e. The zero-order chi connectivity index (χ0) is 19.2. The molecule has 8 heteroatoms. The fourth-order valence-electron chi connectivity index (χ4n) is 3.37. The van der Waals surface area contributed by atoms with Gasteiger partial charge in [-0.15, -0.1) is 0 Å². The summed E-state index contributed by atoms with van der Waals surface area (Å²) in [6.07, 6.45) is 5.72. The molecule has 8 nitrogen and oxygen atoms in total. The van der Waals surface area contributed by atoms with Gasteiger partial charge in [-0.25, -0.2) is 9.79 Å². The second-order valence-corrected chi connectivity index (χ2v) is 8.60. The van der Waals surface area contributed by atoms with E-state index in [-0.39, 0.29) is 35.3 Å². The van der Waals surface area contributed by atoms with E-state index in [0.717, 1.165) is 49.9 Å². The van der Waals surface area contributed by atoms with Crippen molar-refractivity contribution in [3.8, 4) is 0 Å². The normalized spacial score (nSPS) is 22.6. The highest BCUT2D eigenvalue weighted by molar-refractivity contribution is 6.16. The summed E-state index contributed by atoms with van der Waals surface area (Å²) in [6, 6.07) is 1.80. The van der Waals surface area contributed by atoms with E-state index in [4.69, 9.17) is 0 Å². The Morgan fingerprint density at radius 1 is 1.19 bits per heavy atom. The lowest BCUT2D eigenvalue weighted by Gasteiger charge is -2.24. The van der Waals surface area contributed by atoms with E-state index in [0.29, 0.717) is 5.82 Å². The highest BCUT2D eigenvalue weighted by Crippen LogP contribution is 2.28. The molecule has 2 saturated carbocycles. The minimum absolute atomic E-state index is 0.157. The van der Waals surface area contributed by atoms with Crippen LogP contribution in [0.25, 0.3) is 0 Å². The summed E-state index contributed by atoms with van der Waals surface area (Å²) in [5.74, 6) is 0.374. The van der Waals surface area contributed by atoms with Gasteiger partial charge < -0.3 is 5.32 Å². The number of hydrogen-bond donors (Lipinski definition) is 2. The number of amides is 3. The summed E-state index contributed by atoms with van der Waals surface area (Å²) in [4.78, 5) is 33.6. The van der Waals surface area contributed by atoms with Crippen molar-refractivity contribution in [3.05, 3.63) is 11.8 Å². The van der Waals surface area contributed by atoms with E-state index in [9.17, 15) is 9.59 Å². The molecule has 4 rings (SSSR count). The molecule has 0 bridgehead atoms. The van der Waals surface area contributed by atoms with E-state index >= 15 is 0 Å². The molecule has 1 unspecified atom stereocenters. The number of carbonyl (C=O) groups excluding carboxylic acids is 2. The van der Waals surface area contributed by atoms with Crippen molar-refractivity contribution in [2.75, 3.05) is 5.32 Å². The quantitative estimate of drug-likeness (QED) is 0.837. The van der Waals surface area contributed by atoms with Crippen molar-refractivity contribution in [1.82, 2.24) is 15.1 Å². The van der Waals surface area contributed by atoms with Gasteiger partial charge in [0, 0.05) is 23.2 Å². The first-order valence-corrected chi connectivity index (χ1v) is 9.70. The summed E-state index contributed by atoms with van der Waals surface area (Å²) >= 11 is 0. The van der Waals surface area contributed by atoms with Crippen LogP contribution >= 0.6 is 0 Å². The zero-order valence-electron chi connectivity index (χ0n) is 16.1. The predicted molar refractivity (Wildman–Crippen MR) is 103 cm³/mol. The lowest BCUT2D eigenvalue weighted by Crippen LogP contribution is -2.35. The number of urea groups is 1. The molecule has 27 heavy (non-hydrogen) atoms. The lowest BCUT2D eigenvalue weighted by atomic mass is 9.86. The average Bonchev–Trinajstić information content (AvgIpc) is 3.30. The van der Waals surface area contributed by atoms with Crippen molar-refractivity contribution in [2.24, 2.45) is 15.9 Å². The van der Waals surface area contributed by atoms with Crippen LogP contribution in [-0.4, -0.2) is 39.4 Å². The molecule has 0 saturated heterocycles. The molecule has 3 aliphatic rings. The van der Waals surface area contributed by atoms with Crippen molar-refractivity contribution in [2.45, 2.75) is 70.8 Å². The SMILES string of the molecule is CC(C)(C)c1cc(NC(=O)NC2CC2)n(C2=NC(=O)C3CCCCC3=N2)n1. The molecule has 1 aromatic rings. The van der Waals surface area contributed by atoms with Crippen molar-refractivity contribution >= 4 is 29.4 Å². The minimum Gasteiger partial charge on any atom is -0.335 e. The van der Waals surface area contributed by atoms with Crippen LogP contribution in [0.5, 0.6) is 0 Å². The minimum atomic E-state index is -0.273. The standard InChI is InChI=1S/C19H26N6O2/c1-19(2,3)14-10-15(22-18(27)20-11-8-9-11)25(24-14)17-21-13-7-5-4-6-12(13)16(26)23-17/h10-12H,4-9H2,1-3H3,(H2,20,22,27). The summed E-state index contributed by atoms with van der Waals surface area (Å²) in [5.41, 5.74) is 1.47. The first-order chi connectivity index (χ1) is 12.8. The molecule has 1 atom stereocenters. The molecule has 3 amide bonds. The van der Waals surface area contributed by atoms with E-state index in [1.807, 2.05) is 26.8 Å². The molecular weight excluding hydrogens is 344 g/mol. The third-order valence-corrected chi connectivity index (χ3v) is 5.15. The Morgan fingerprint density at radius 3 is 2.67 bits per heavy atom. The van der Waals surface area contributed by atoms with Gasteiger partial charge in [0.15, 0.2) is 0 Å². The number of hydrogen-bond acceptors (Lipinski definition) is 4. The average molecular weight is 370 g/mol. The van der Waals surface area contributed by atoms with Gasteiger partial charge in [0.05, 0.1) is 11.6 Å². The van der Waals surface area contributed by atoms with Gasteiger partial charge in [0.1, 0.15) is 5.82 Å². The van der Waals surface area contributed by atoms with Crippen LogP contribution in [0.4, 0.5) is 10.6 Å². The molecule has 0 radical (unpaired) electrons. The van der Waals surface area contributed by atoms with E-state index in [1.165, 1.54) is 4.68 Å². The third kappa shape index (κ3) is 3.79. The molecule has 0 aromatic carbocycles. The Bertz CT molecular complexity index is 841. The third-order valence-electron chi connectivity index (χ3n) is 5.15. The van der Waals surface area contributed by atoms with Crippen LogP contribution in [-0.2, 0) is 10.2 Å². The van der Waals surface area contributed by atoms with Crippen LogP contribution in [0.15, 0.2) is 16.1 Å². The van der Waals surface area contributed by atoms with E-state index < -0.39 is 0 Å². The molecule has 144 valence electrons. The van der Waals surface area contributed by atoms with Crippen LogP contribution in [0.3, 0.4) is 0 Å². The fourth-order valence-corrected chi connectivity index (χ4v) is 3.37. The zero-order valence-corrected chi connectivity index (χ0v) is 16.1. The Balaban J connectivity index is 1.67. The van der Waals surface area contributed by atoms with Gasteiger partial charge in [-0.2, -0.15) is 14.8 Å². The predicted octanol–water partition coefficient (Wildman–Crippen LogP) is 2.84. The molecule has 2 aliphatic carbocycles. The fraction of sp³-hybridized carbons (Fsp3) is 0.632. The van der Waals surface area contributed by atoms with Crippen LogP contribution in [0.2, 0.25) is 0 Å². The Labute approximate surface area is 158 Å². The number of rotatable bonds is 2. The van der Waals surface area contributed by atoms with Crippen LogP contribution in [0, 0.1) is 5.92 Å². The van der Waals surface area contributed by atoms with Gasteiger partial charge in [-0.1, -0.05) is 27.2 Å². The number of carbonyl (C=O) groups is 2. The molecule has 2 fully saturated rings. The second kappa shape index (κ2) is 6.58. The van der Waals surface area contributed by atoms with Gasteiger partial charge in [-0.3, -0.25) is 10.1 Å². The molecule has 2 heterocycles. The first kappa shape index (κ1) is 17.9. The molecule has 0 spiro atoms. The second-order valence-electron chi connectivity index (χ2n) is 8.60. The van der Waals surface area contributed by atoms with Gasteiger partial charge in [-0.05, 0) is 32.1 Å².